The summed E-state index contributed by atoms with van der Waals surface area (Å²) in [6.07, 6.45) is 7.50. The zero-order valence-electron chi connectivity index (χ0n) is 12.4. The Hall–Kier alpha value is -2.66. The number of aromatic nitrogens is 3. The summed E-state index contributed by atoms with van der Waals surface area (Å²) < 4.78 is 7.21. The molecule has 0 aliphatic carbocycles. The second kappa shape index (κ2) is 6.87. The maximum Gasteiger partial charge on any atom is 0.213 e. The van der Waals surface area contributed by atoms with E-state index in [2.05, 4.69) is 32.0 Å². The van der Waals surface area contributed by atoms with E-state index in [1.807, 2.05) is 42.9 Å². The lowest BCUT2D eigenvalue weighted by atomic mass is 10.3. The summed E-state index contributed by atoms with van der Waals surface area (Å²) in [5.41, 5.74) is 3.37. The fourth-order valence-electron chi connectivity index (χ4n) is 2.29. The Kier molecular flexibility index (Phi) is 4.46. The number of nitrogens with one attached hydrogen (secondary N) is 1. The van der Waals surface area contributed by atoms with Crippen molar-refractivity contribution in [3.8, 4) is 11.6 Å². The lowest BCUT2D eigenvalue weighted by molar-refractivity contribution is 0.398. The average molecular weight is 294 g/mol. The van der Waals surface area contributed by atoms with Gasteiger partial charge in [0.05, 0.1) is 19.0 Å². The van der Waals surface area contributed by atoms with Crippen LogP contribution in [0.5, 0.6) is 5.88 Å². The molecule has 5 nitrogen and oxygen atoms in total. The van der Waals surface area contributed by atoms with Crippen LogP contribution < -0.4 is 10.1 Å². The van der Waals surface area contributed by atoms with Crippen LogP contribution in [0.25, 0.3) is 5.69 Å². The standard InChI is InChI=1S/C17H18N4O/c1-22-17-7-6-16(13-20-17)21-9-3-5-15(21)12-19-11-14-4-2-8-18-10-14/h2-10,13,19H,11-12H2,1H3. The molecule has 3 aromatic rings. The van der Waals surface area contributed by atoms with Crippen LogP contribution in [-0.2, 0) is 13.1 Å². The Morgan fingerprint density at radius 3 is 2.77 bits per heavy atom. The van der Waals surface area contributed by atoms with E-state index in [1.54, 1.807) is 13.3 Å². The summed E-state index contributed by atoms with van der Waals surface area (Å²) in [4.78, 5) is 8.37. The van der Waals surface area contributed by atoms with Gasteiger partial charge in [-0.15, -0.1) is 0 Å². The Morgan fingerprint density at radius 1 is 1.09 bits per heavy atom. The molecule has 0 aliphatic heterocycles. The SMILES string of the molecule is COc1ccc(-n2cccc2CNCc2cccnc2)cn1. The fraction of sp³-hybridized carbons (Fsp3) is 0.176. The van der Waals surface area contributed by atoms with Crippen LogP contribution in [0.1, 0.15) is 11.3 Å². The largest absolute Gasteiger partial charge is 0.481 e. The van der Waals surface area contributed by atoms with E-state index in [9.17, 15) is 0 Å². The molecule has 112 valence electrons. The van der Waals surface area contributed by atoms with Gasteiger partial charge in [-0.05, 0) is 29.8 Å². The molecule has 0 bridgehead atoms. The van der Waals surface area contributed by atoms with E-state index >= 15 is 0 Å². The van der Waals surface area contributed by atoms with Gasteiger partial charge in [-0.1, -0.05) is 6.07 Å². The van der Waals surface area contributed by atoms with Crippen molar-refractivity contribution >= 4 is 0 Å². The first-order chi connectivity index (χ1) is 10.9. The van der Waals surface area contributed by atoms with Crippen molar-refractivity contribution in [2.45, 2.75) is 13.1 Å². The van der Waals surface area contributed by atoms with Crippen molar-refractivity contribution in [1.82, 2.24) is 19.9 Å². The number of nitrogens with zero attached hydrogens (tertiary/aromatic N) is 3. The summed E-state index contributed by atoms with van der Waals surface area (Å²) in [5, 5.41) is 3.43. The van der Waals surface area contributed by atoms with E-state index < -0.39 is 0 Å². The molecule has 0 aromatic carbocycles. The van der Waals surface area contributed by atoms with Gasteiger partial charge in [-0.3, -0.25) is 4.98 Å². The molecule has 0 amide bonds. The first kappa shape index (κ1) is 14.3. The molecule has 22 heavy (non-hydrogen) atoms. The molecule has 0 spiro atoms. The van der Waals surface area contributed by atoms with Crippen LogP contribution in [-0.4, -0.2) is 21.6 Å². The highest BCUT2D eigenvalue weighted by Crippen LogP contribution is 2.14. The predicted octanol–water partition coefficient (Wildman–Crippen LogP) is 2.57. The van der Waals surface area contributed by atoms with E-state index in [0.29, 0.717) is 5.88 Å². The van der Waals surface area contributed by atoms with Crippen molar-refractivity contribution in [2.75, 3.05) is 7.11 Å². The number of ether oxygens (including phenoxy) is 1. The van der Waals surface area contributed by atoms with E-state index in [4.69, 9.17) is 4.74 Å². The summed E-state index contributed by atoms with van der Waals surface area (Å²) in [6.45, 7) is 1.56. The monoisotopic (exact) mass is 294 g/mol. The third-order valence-corrected chi connectivity index (χ3v) is 3.40. The number of pyridine rings is 2. The van der Waals surface area contributed by atoms with Gasteiger partial charge in [-0.25, -0.2) is 4.98 Å². The van der Waals surface area contributed by atoms with Gasteiger partial charge in [0.25, 0.3) is 0 Å². The number of hydrogen-bond acceptors (Lipinski definition) is 4. The first-order valence-corrected chi connectivity index (χ1v) is 7.13. The van der Waals surface area contributed by atoms with Crippen molar-refractivity contribution < 1.29 is 4.74 Å². The van der Waals surface area contributed by atoms with Gasteiger partial charge in [0.15, 0.2) is 0 Å². The van der Waals surface area contributed by atoms with E-state index in [-0.39, 0.29) is 0 Å². The van der Waals surface area contributed by atoms with Gasteiger partial charge < -0.3 is 14.6 Å². The highest BCUT2D eigenvalue weighted by molar-refractivity contribution is 5.34. The minimum absolute atomic E-state index is 0.618. The smallest absolute Gasteiger partial charge is 0.213 e. The topological polar surface area (TPSA) is 52.0 Å². The van der Waals surface area contributed by atoms with Crippen LogP contribution in [0.4, 0.5) is 0 Å². The Labute approximate surface area is 129 Å². The molecular weight excluding hydrogens is 276 g/mol. The maximum atomic E-state index is 5.09. The lowest BCUT2D eigenvalue weighted by Crippen LogP contribution is -2.15. The quantitative estimate of drug-likeness (QED) is 0.759. The molecular formula is C17H18N4O. The lowest BCUT2D eigenvalue weighted by Gasteiger charge is -2.10. The average Bonchev–Trinajstić information content (AvgIpc) is 3.04. The molecule has 3 aromatic heterocycles. The number of methoxy groups -OCH3 is 1. The van der Waals surface area contributed by atoms with Crippen LogP contribution >= 0.6 is 0 Å². The van der Waals surface area contributed by atoms with Gasteiger partial charge in [-0.2, -0.15) is 0 Å². The number of hydrogen-bond donors (Lipinski definition) is 1. The zero-order valence-corrected chi connectivity index (χ0v) is 12.4. The molecule has 1 N–H and O–H groups in total. The molecule has 3 rings (SSSR count). The minimum atomic E-state index is 0.618. The van der Waals surface area contributed by atoms with Crippen LogP contribution in [0.15, 0.2) is 61.2 Å². The van der Waals surface area contributed by atoms with Crippen molar-refractivity contribution in [3.63, 3.8) is 0 Å². The summed E-state index contributed by atoms with van der Waals surface area (Å²) >= 11 is 0. The fourth-order valence-corrected chi connectivity index (χ4v) is 2.29. The molecule has 5 heteroatoms. The summed E-state index contributed by atoms with van der Waals surface area (Å²) in [7, 11) is 1.62. The van der Waals surface area contributed by atoms with Crippen molar-refractivity contribution in [2.24, 2.45) is 0 Å². The van der Waals surface area contributed by atoms with Crippen LogP contribution in [0.2, 0.25) is 0 Å². The third kappa shape index (κ3) is 3.32. The minimum Gasteiger partial charge on any atom is -0.481 e. The zero-order chi connectivity index (χ0) is 15.2. The van der Waals surface area contributed by atoms with Gasteiger partial charge in [0.2, 0.25) is 5.88 Å². The molecule has 0 radical (unpaired) electrons. The van der Waals surface area contributed by atoms with E-state index in [0.717, 1.165) is 18.8 Å². The van der Waals surface area contributed by atoms with Crippen molar-refractivity contribution in [1.29, 1.82) is 0 Å². The van der Waals surface area contributed by atoms with Gasteiger partial charge >= 0.3 is 0 Å². The van der Waals surface area contributed by atoms with Gasteiger partial charge in [0, 0.05) is 43.4 Å². The second-order valence-corrected chi connectivity index (χ2v) is 4.89. The third-order valence-electron chi connectivity index (χ3n) is 3.40. The van der Waals surface area contributed by atoms with Gasteiger partial charge in [0.1, 0.15) is 0 Å². The normalized spacial score (nSPS) is 10.6. The first-order valence-electron chi connectivity index (χ1n) is 7.13. The summed E-state index contributed by atoms with van der Waals surface area (Å²) in [6, 6.07) is 12.0. The predicted molar refractivity (Wildman–Crippen MR) is 84.9 cm³/mol. The Morgan fingerprint density at radius 2 is 2.05 bits per heavy atom. The summed E-state index contributed by atoms with van der Waals surface area (Å²) in [5.74, 6) is 0.618. The van der Waals surface area contributed by atoms with E-state index in [1.165, 1.54) is 11.3 Å². The molecule has 0 aliphatic rings. The van der Waals surface area contributed by atoms with Crippen LogP contribution in [0.3, 0.4) is 0 Å². The second-order valence-electron chi connectivity index (χ2n) is 4.89. The highest BCUT2D eigenvalue weighted by atomic mass is 16.5. The molecule has 0 saturated heterocycles. The maximum absolute atomic E-state index is 5.09. The molecule has 3 heterocycles. The Bertz CT molecular complexity index is 707. The van der Waals surface area contributed by atoms with Crippen molar-refractivity contribution in [3.05, 3.63) is 72.4 Å². The molecule has 0 fully saturated rings. The highest BCUT2D eigenvalue weighted by Gasteiger charge is 2.04. The Balaban J connectivity index is 1.66. The molecule has 0 atom stereocenters. The molecule has 0 saturated carbocycles. The number of rotatable bonds is 6. The van der Waals surface area contributed by atoms with Crippen LogP contribution in [0, 0.1) is 0 Å². The molecule has 0 unspecified atom stereocenters.